The van der Waals surface area contributed by atoms with Crippen molar-refractivity contribution in [2.75, 3.05) is 11.9 Å². The fourth-order valence-electron chi connectivity index (χ4n) is 3.45. The van der Waals surface area contributed by atoms with Gasteiger partial charge in [-0.3, -0.25) is 14.0 Å². The largest absolute Gasteiger partial charge is 0.327 e. The Morgan fingerprint density at radius 3 is 2.73 bits per heavy atom. The van der Waals surface area contributed by atoms with Crippen molar-refractivity contribution in [3.8, 4) is 0 Å². The average molecular weight is 348 g/mol. The predicted octanol–water partition coefficient (Wildman–Crippen LogP) is 3.03. The zero-order chi connectivity index (χ0) is 17.9. The molecule has 4 rings (SSSR count). The second-order valence-corrected chi connectivity index (χ2v) is 6.41. The molecule has 0 saturated carbocycles. The molecule has 1 N–H and O–H groups in total. The Labute approximate surface area is 151 Å². The molecule has 2 aromatic heterocycles. The summed E-state index contributed by atoms with van der Waals surface area (Å²) in [6.07, 6.45) is 5.78. The molecule has 0 spiro atoms. The summed E-state index contributed by atoms with van der Waals surface area (Å²) in [6.45, 7) is 0.598. The number of benzene rings is 1. The van der Waals surface area contributed by atoms with Gasteiger partial charge in [-0.15, -0.1) is 0 Å². The summed E-state index contributed by atoms with van der Waals surface area (Å²) in [5, 5.41) is 2.98. The van der Waals surface area contributed by atoms with Gasteiger partial charge < -0.3 is 10.2 Å². The van der Waals surface area contributed by atoms with Crippen molar-refractivity contribution in [1.29, 1.82) is 0 Å². The fourth-order valence-corrected chi connectivity index (χ4v) is 3.45. The zero-order valence-corrected chi connectivity index (χ0v) is 14.3. The Morgan fingerprint density at radius 1 is 1.08 bits per heavy atom. The molecule has 1 saturated heterocycles. The van der Waals surface area contributed by atoms with Gasteiger partial charge in [0.2, 0.25) is 5.91 Å². The van der Waals surface area contributed by atoms with E-state index in [1.165, 1.54) is 0 Å². The lowest BCUT2D eigenvalue weighted by molar-refractivity contribution is -0.141. The van der Waals surface area contributed by atoms with Gasteiger partial charge in [-0.1, -0.05) is 36.4 Å². The number of fused-ring (bicyclic) bond motifs is 1. The summed E-state index contributed by atoms with van der Waals surface area (Å²) in [7, 11) is 0. The van der Waals surface area contributed by atoms with E-state index in [4.69, 9.17) is 0 Å². The molecule has 1 aromatic carbocycles. The predicted molar refractivity (Wildman–Crippen MR) is 98.6 cm³/mol. The molecular weight excluding hydrogens is 328 g/mol. The Balaban J connectivity index is 1.68. The normalized spacial score (nSPS) is 15.8. The summed E-state index contributed by atoms with van der Waals surface area (Å²) in [6, 6.07) is 14.4. The Hall–Kier alpha value is -3.15. The number of piperidine rings is 1. The number of aromatic nitrogens is 2. The monoisotopic (exact) mass is 348 g/mol. The Morgan fingerprint density at radius 2 is 1.92 bits per heavy atom. The topological polar surface area (TPSA) is 66.7 Å². The van der Waals surface area contributed by atoms with Crippen LogP contribution < -0.4 is 5.32 Å². The first-order chi connectivity index (χ1) is 12.7. The second kappa shape index (κ2) is 7.00. The summed E-state index contributed by atoms with van der Waals surface area (Å²) in [4.78, 5) is 31.6. The number of nitrogens with zero attached hydrogens (tertiary/aromatic N) is 3. The van der Waals surface area contributed by atoms with Crippen LogP contribution in [0.25, 0.3) is 5.65 Å². The number of hydrogen-bond donors (Lipinski definition) is 1. The van der Waals surface area contributed by atoms with Crippen LogP contribution in [0.3, 0.4) is 0 Å². The number of carbonyl (C=O) groups excluding carboxylic acids is 2. The fraction of sp³-hybridized carbons (Fsp3) is 0.250. The van der Waals surface area contributed by atoms with Crippen LogP contribution in [0.1, 0.15) is 30.9 Å². The van der Waals surface area contributed by atoms with Gasteiger partial charge in [0.25, 0.3) is 5.91 Å². The maximum Gasteiger partial charge on any atom is 0.252 e. The van der Waals surface area contributed by atoms with Crippen molar-refractivity contribution in [2.45, 2.75) is 25.3 Å². The Bertz CT molecular complexity index is 935. The third kappa shape index (κ3) is 3.06. The summed E-state index contributed by atoms with van der Waals surface area (Å²) in [5.41, 5.74) is 1.58. The first-order valence-corrected chi connectivity index (χ1v) is 8.81. The van der Waals surface area contributed by atoms with Crippen LogP contribution in [0.5, 0.6) is 0 Å². The van der Waals surface area contributed by atoms with E-state index in [1.807, 2.05) is 52.9 Å². The molecule has 0 radical (unpaired) electrons. The van der Waals surface area contributed by atoms with Gasteiger partial charge in [0.05, 0.1) is 0 Å². The van der Waals surface area contributed by atoms with E-state index in [0.717, 1.165) is 24.1 Å². The number of pyridine rings is 1. The van der Waals surface area contributed by atoms with E-state index in [9.17, 15) is 9.59 Å². The molecule has 6 heteroatoms. The number of anilines is 1. The van der Waals surface area contributed by atoms with Crippen LogP contribution in [0.2, 0.25) is 0 Å². The van der Waals surface area contributed by atoms with Crippen LogP contribution >= 0.6 is 0 Å². The lowest BCUT2D eigenvalue weighted by Gasteiger charge is -2.34. The second-order valence-electron chi connectivity index (χ2n) is 6.41. The summed E-state index contributed by atoms with van der Waals surface area (Å²) >= 11 is 0. The van der Waals surface area contributed by atoms with Crippen LogP contribution in [-0.2, 0) is 9.59 Å². The van der Waals surface area contributed by atoms with Crippen molar-refractivity contribution in [2.24, 2.45) is 0 Å². The quantitative estimate of drug-likeness (QED) is 0.788. The van der Waals surface area contributed by atoms with Gasteiger partial charge in [-0.25, -0.2) is 4.98 Å². The smallest absolute Gasteiger partial charge is 0.252 e. The average Bonchev–Trinajstić information content (AvgIpc) is 3.14. The maximum absolute atomic E-state index is 13.2. The number of carbonyl (C=O) groups is 2. The minimum atomic E-state index is -0.636. The lowest BCUT2D eigenvalue weighted by Crippen LogP contribution is -2.43. The molecule has 3 heterocycles. The number of amides is 2. The minimum Gasteiger partial charge on any atom is -0.327 e. The molecule has 1 unspecified atom stereocenters. The third-order valence-corrected chi connectivity index (χ3v) is 4.71. The van der Waals surface area contributed by atoms with Gasteiger partial charge >= 0.3 is 0 Å². The molecule has 1 fully saturated rings. The van der Waals surface area contributed by atoms with Crippen molar-refractivity contribution < 1.29 is 9.59 Å². The first kappa shape index (κ1) is 16.3. The van der Waals surface area contributed by atoms with Crippen molar-refractivity contribution in [1.82, 2.24) is 14.3 Å². The van der Waals surface area contributed by atoms with Crippen molar-refractivity contribution in [3.63, 3.8) is 0 Å². The molecule has 1 atom stereocenters. The van der Waals surface area contributed by atoms with E-state index in [2.05, 4.69) is 10.3 Å². The molecule has 3 aromatic rings. The zero-order valence-electron chi connectivity index (χ0n) is 14.3. The van der Waals surface area contributed by atoms with Crippen LogP contribution in [0.15, 0.2) is 60.9 Å². The molecule has 0 aliphatic carbocycles. The number of imidazole rings is 1. The summed E-state index contributed by atoms with van der Waals surface area (Å²) < 4.78 is 1.82. The number of rotatable bonds is 4. The van der Waals surface area contributed by atoms with Gasteiger partial charge in [-0.05, 0) is 30.5 Å². The standard InChI is InChI=1S/C20H20N4O2/c25-18-11-4-5-13-24(18)19(15-7-2-1-3-8-15)20(26)22-17-10-6-9-16-21-12-14-23(16)17/h1-3,6-10,12,14,19H,4-5,11,13H2,(H,22,26). The SMILES string of the molecule is O=C(Nc1cccc2nccn12)C(c1ccccc1)N1CCCCC1=O. The number of nitrogens with one attached hydrogen (secondary N) is 1. The molecule has 132 valence electrons. The highest BCUT2D eigenvalue weighted by Crippen LogP contribution is 2.27. The summed E-state index contributed by atoms with van der Waals surface area (Å²) in [5.74, 6) is 0.448. The molecule has 1 aliphatic rings. The van der Waals surface area contributed by atoms with Gasteiger partial charge in [0.15, 0.2) is 0 Å². The van der Waals surface area contributed by atoms with E-state index in [0.29, 0.717) is 18.8 Å². The third-order valence-electron chi connectivity index (χ3n) is 4.71. The van der Waals surface area contributed by atoms with E-state index in [1.54, 1.807) is 17.3 Å². The highest BCUT2D eigenvalue weighted by atomic mass is 16.2. The first-order valence-electron chi connectivity index (χ1n) is 8.81. The van der Waals surface area contributed by atoms with E-state index >= 15 is 0 Å². The van der Waals surface area contributed by atoms with Gasteiger partial charge in [-0.2, -0.15) is 0 Å². The molecule has 2 amide bonds. The highest BCUT2D eigenvalue weighted by Gasteiger charge is 2.32. The molecule has 0 bridgehead atoms. The molecule has 1 aliphatic heterocycles. The van der Waals surface area contributed by atoms with Crippen LogP contribution in [0.4, 0.5) is 5.82 Å². The maximum atomic E-state index is 13.2. The molecule has 6 nitrogen and oxygen atoms in total. The number of hydrogen-bond acceptors (Lipinski definition) is 3. The van der Waals surface area contributed by atoms with Crippen molar-refractivity contribution in [3.05, 3.63) is 66.5 Å². The highest BCUT2D eigenvalue weighted by molar-refractivity contribution is 5.97. The van der Waals surface area contributed by atoms with Crippen LogP contribution in [0, 0.1) is 0 Å². The van der Waals surface area contributed by atoms with Crippen molar-refractivity contribution >= 4 is 23.3 Å². The van der Waals surface area contributed by atoms with E-state index < -0.39 is 6.04 Å². The van der Waals surface area contributed by atoms with E-state index in [-0.39, 0.29) is 11.8 Å². The molecule has 26 heavy (non-hydrogen) atoms. The minimum absolute atomic E-state index is 0.0288. The Kier molecular flexibility index (Phi) is 4.39. The lowest BCUT2D eigenvalue weighted by atomic mass is 10.0. The van der Waals surface area contributed by atoms with Crippen LogP contribution in [-0.4, -0.2) is 32.6 Å². The van der Waals surface area contributed by atoms with Gasteiger partial charge in [0, 0.05) is 25.4 Å². The van der Waals surface area contributed by atoms with Gasteiger partial charge in [0.1, 0.15) is 17.5 Å². The number of likely N-dealkylation sites (tertiary alicyclic amines) is 1. The molecular formula is C20H20N4O2.